The summed E-state index contributed by atoms with van der Waals surface area (Å²) in [4.78, 5) is 8.79. The Morgan fingerprint density at radius 3 is 2.87 bits per heavy atom. The fraction of sp³-hybridized carbons (Fsp3) is 0.200. The van der Waals surface area contributed by atoms with Crippen LogP contribution in [-0.2, 0) is 6.42 Å². The minimum atomic E-state index is 0.627. The van der Waals surface area contributed by atoms with Crippen LogP contribution < -0.4 is 0 Å². The highest BCUT2D eigenvalue weighted by atomic mass is 32.1. The summed E-state index contributed by atoms with van der Waals surface area (Å²) >= 11 is 1.80. The lowest BCUT2D eigenvalue weighted by Gasteiger charge is -2.09. The highest BCUT2D eigenvalue weighted by Gasteiger charge is 2.13. The third kappa shape index (κ3) is 3.10. The SMILES string of the molecule is C=CC(=C)c1cc(-c2cccc3scc(CC(C)C)c23)ncn1. The van der Waals surface area contributed by atoms with Crippen LogP contribution in [0.25, 0.3) is 26.9 Å². The van der Waals surface area contributed by atoms with Crippen LogP contribution >= 0.6 is 11.3 Å². The number of fused-ring (bicyclic) bond motifs is 1. The fourth-order valence-corrected chi connectivity index (χ4v) is 3.74. The van der Waals surface area contributed by atoms with Crippen LogP contribution in [0.2, 0.25) is 0 Å². The van der Waals surface area contributed by atoms with Gasteiger partial charge in [0.15, 0.2) is 0 Å². The maximum atomic E-state index is 4.49. The van der Waals surface area contributed by atoms with E-state index in [0.29, 0.717) is 5.92 Å². The molecule has 0 fully saturated rings. The third-order valence-electron chi connectivity index (χ3n) is 3.82. The van der Waals surface area contributed by atoms with Crippen LogP contribution in [-0.4, -0.2) is 9.97 Å². The average molecular weight is 320 g/mol. The summed E-state index contributed by atoms with van der Waals surface area (Å²) in [6, 6.07) is 8.41. The molecule has 0 aliphatic rings. The summed E-state index contributed by atoms with van der Waals surface area (Å²) in [6.07, 6.45) is 4.41. The van der Waals surface area contributed by atoms with Gasteiger partial charge in [0.1, 0.15) is 6.33 Å². The Balaban J connectivity index is 2.18. The van der Waals surface area contributed by atoms with Crippen molar-refractivity contribution in [3.63, 3.8) is 0 Å². The molecule has 0 aliphatic carbocycles. The van der Waals surface area contributed by atoms with Crippen molar-refractivity contribution >= 4 is 27.0 Å². The zero-order chi connectivity index (χ0) is 16.4. The molecular formula is C20H20N2S. The quantitative estimate of drug-likeness (QED) is 0.559. The number of nitrogens with zero attached hydrogens (tertiary/aromatic N) is 2. The molecule has 116 valence electrons. The molecule has 3 rings (SSSR count). The van der Waals surface area contributed by atoms with Gasteiger partial charge in [-0.05, 0) is 41.0 Å². The molecule has 2 heterocycles. The van der Waals surface area contributed by atoms with Crippen molar-refractivity contribution in [1.29, 1.82) is 0 Å². The van der Waals surface area contributed by atoms with Crippen molar-refractivity contribution in [3.8, 4) is 11.3 Å². The van der Waals surface area contributed by atoms with E-state index in [2.05, 4.69) is 60.6 Å². The number of hydrogen-bond acceptors (Lipinski definition) is 3. The van der Waals surface area contributed by atoms with E-state index in [-0.39, 0.29) is 0 Å². The average Bonchev–Trinajstić information content (AvgIpc) is 2.96. The third-order valence-corrected chi connectivity index (χ3v) is 4.82. The van der Waals surface area contributed by atoms with E-state index in [9.17, 15) is 0 Å². The van der Waals surface area contributed by atoms with Crippen LogP contribution in [0, 0.1) is 5.92 Å². The van der Waals surface area contributed by atoms with Gasteiger partial charge in [0.05, 0.1) is 11.4 Å². The van der Waals surface area contributed by atoms with Crippen LogP contribution in [0.3, 0.4) is 0 Å². The van der Waals surface area contributed by atoms with Gasteiger partial charge < -0.3 is 0 Å². The van der Waals surface area contributed by atoms with Crippen LogP contribution in [0.5, 0.6) is 0 Å². The van der Waals surface area contributed by atoms with Crippen molar-refractivity contribution in [2.24, 2.45) is 5.92 Å². The minimum Gasteiger partial charge on any atom is -0.236 e. The van der Waals surface area contributed by atoms with Gasteiger partial charge in [-0.2, -0.15) is 0 Å². The summed E-state index contributed by atoms with van der Waals surface area (Å²) < 4.78 is 1.31. The number of benzene rings is 1. The molecule has 0 saturated heterocycles. The van der Waals surface area contributed by atoms with Gasteiger partial charge in [0, 0.05) is 15.6 Å². The number of aromatic nitrogens is 2. The smallest absolute Gasteiger partial charge is 0.116 e. The molecular weight excluding hydrogens is 300 g/mol. The Morgan fingerprint density at radius 1 is 1.30 bits per heavy atom. The first kappa shape index (κ1) is 15.6. The molecule has 3 heteroatoms. The molecule has 1 aromatic carbocycles. The molecule has 2 aromatic heterocycles. The Labute approximate surface area is 141 Å². The highest BCUT2D eigenvalue weighted by Crippen LogP contribution is 2.35. The van der Waals surface area contributed by atoms with E-state index in [0.717, 1.165) is 23.4 Å². The highest BCUT2D eigenvalue weighted by molar-refractivity contribution is 7.17. The van der Waals surface area contributed by atoms with Crippen molar-refractivity contribution < 1.29 is 0 Å². The Bertz CT molecular complexity index is 874. The number of hydrogen-bond donors (Lipinski definition) is 0. The first-order chi connectivity index (χ1) is 11.1. The molecule has 2 nitrogen and oxygen atoms in total. The summed E-state index contributed by atoms with van der Waals surface area (Å²) in [5.41, 5.74) is 5.14. The lowest BCUT2D eigenvalue weighted by atomic mass is 9.97. The molecule has 0 radical (unpaired) electrons. The zero-order valence-corrected chi connectivity index (χ0v) is 14.4. The predicted octanol–water partition coefficient (Wildman–Crippen LogP) is 5.76. The second-order valence-electron chi connectivity index (χ2n) is 6.06. The second kappa shape index (κ2) is 6.47. The van der Waals surface area contributed by atoms with E-state index in [4.69, 9.17) is 0 Å². The largest absolute Gasteiger partial charge is 0.236 e. The van der Waals surface area contributed by atoms with Gasteiger partial charge in [-0.25, -0.2) is 9.97 Å². The van der Waals surface area contributed by atoms with Gasteiger partial charge in [-0.1, -0.05) is 45.2 Å². The first-order valence-corrected chi connectivity index (χ1v) is 8.61. The van der Waals surface area contributed by atoms with Crippen molar-refractivity contribution in [1.82, 2.24) is 9.97 Å². The molecule has 0 aliphatic heterocycles. The Morgan fingerprint density at radius 2 is 2.13 bits per heavy atom. The maximum absolute atomic E-state index is 4.49. The second-order valence-corrected chi connectivity index (χ2v) is 6.97. The number of rotatable bonds is 5. The topological polar surface area (TPSA) is 25.8 Å². The monoisotopic (exact) mass is 320 g/mol. The molecule has 0 saturated carbocycles. The van der Waals surface area contributed by atoms with E-state index >= 15 is 0 Å². The Hall–Kier alpha value is -2.26. The van der Waals surface area contributed by atoms with Gasteiger partial charge in [-0.3, -0.25) is 0 Å². The maximum Gasteiger partial charge on any atom is 0.116 e. The molecule has 0 bridgehead atoms. The van der Waals surface area contributed by atoms with Crippen LogP contribution in [0.1, 0.15) is 25.1 Å². The van der Waals surface area contributed by atoms with Gasteiger partial charge in [0.2, 0.25) is 0 Å². The van der Waals surface area contributed by atoms with E-state index in [1.807, 2.05) is 6.07 Å². The first-order valence-electron chi connectivity index (χ1n) is 7.73. The molecule has 0 spiro atoms. The van der Waals surface area contributed by atoms with Gasteiger partial charge in [-0.15, -0.1) is 11.3 Å². The van der Waals surface area contributed by atoms with Gasteiger partial charge in [0.25, 0.3) is 0 Å². The van der Waals surface area contributed by atoms with Crippen molar-refractivity contribution in [2.45, 2.75) is 20.3 Å². The van der Waals surface area contributed by atoms with Crippen LogP contribution in [0.4, 0.5) is 0 Å². The van der Waals surface area contributed by atoms with Crippen LogP contribution in [0.15, 0.2) is 55.2 Å². The molecule has 0 unspecified atom stereocenters. The standard InChI is InChI=1S/C20H20N2S/c1-5-14(4)17-10-18(22-12-21-17)16-7-6-8-19-20(16)15(11-23-19)9-13(2)3/h5-8,10-13H,1,4,9H2,2-3H3. The van der Waals surface area contributed by atoms with Gasteiger partial charge >= 0.3 is 0 Å². The number of allylic oxidation sites excluding steroid dienone is 2. The summed E-state index contributed by atoms with van der Waals surface area (Å²) in [7, 11) is 0. The summed E-state index contributed by atoms with van der Waals surface area (Å²) in [5, 5.41) is 3.60. The normalized spacial score (nSPS) is 11.1. The Kier molecular flexibility index (Phi) is 4.39. The lowest BCUT2D eigenvalue weighted by Crippen LogP contribution is -1.95. The molecule has 3 aromatic rings. The summed E-state index contributed by atoms with van der Waals surface area (Å²) in [6.45, 7) is 12.3. The minimum absolute atomic E-state index is 0.627. The molecule has 23 heavy (non-hydrogen) atoms. The van der Waals surface area contributed by atoms with Crippen molar-refractivity contribution in [2.75, 3.05) is 0 Å². The van der Waals surface area contributed by atoms with E-state index in [1.54, 1.807) is 23.7 Å². The lowest BCUT2D eigenvalue weighted by molar-refractivity contribution is 0.651. The molecule has 0 N–H and O–H groups in total. The van der Waals surface area contributed by atoms with E-state index < -0.39 is 0 Å². The predicted molar refractivity (Wildman–Crippen MR) is 101 cm³/mol. The fourth-order valence-electron chi connectivity index (χ4n) is 2.74. The number of thiophene rings is 1. The summed E-state index contributed by atoms with van der Waals surface area (Å²) in [5.74, 6) is 0.627. The van der Waals surface area contributed by atoms with E-state index in [1.165, 1.54) is 21.2 Å². The van der Waals surface area contributed by atoms with Crippen molar-refractivity contribution in [3.05, 3.63) is 66.5 Å². The molecule has 0 amide bonds. The zero-order valence-electron chi connectivity index (χ0n) is 13.5. The molecule has 0 atom stereocenters.